The second-order valence-electron chi connectivity index (χ2n) is 2.22. The van der Waals surface area contributed by atoms with Crippen LogP contribution in [-0.2, 0) is 0 Å². The van der Waals surface area contributed by atoms with Crippen LogP contribution >= 0.6 is 11.8 Å². The van der Waals surface area contributed by atoms with Crippen LogP contribution in [0.15, 0.2) is 0 Å². The molecule has 0 amide bonds. The molecular weight excluding hydrogens is 149 g/mol. The molecule has 0 N–H and O–H groups in total. The minimum absolute atomic E-state index is 0.230. The van der Waals surface area contributed by atoms with E-state index in [0.717, 1.165) is 0 Å². The van der Waals surface area contributed by atoms with E-state index >= 15 is 0 Å². The summed E-state index contributed by atoms with van der Waals surface area (Å²) >= 11 is 0.696. The highest BCUT2D eigenvalue weighted by Gasteiger charge is 2.51. The van der Waals surface area contributed by atoms with Gasteiger partial charge in [0, 0.05) is 11.7 Å². The first-order valence-electron chi connectivity index (χ1n) is 2.68. The van der Waals surface area contributed by atoms with E-state index in [0.29, 0.717) is 11.8 Å². The van der Waals surface area contributed by atoms with Crippen molar-refractivity contribution in [1.29, 1.82) is 0 Å². The summed E-state index contributed by atoms with van der Waals surface area (Å²) in [6.45, 7) is 1.37. The van der Waals surface area contributed by atoms with Gasteiger partial charge in [0.1, 0.15) is 0 Å². The van der Waals surface area contributed by atoms with Gasteiger partial charge in [-0.05, 0) is 0 Å². The molecule has 0 saturated carbocycles. The van der Waals surface area contributed by atoms with Gasteiger partial charge in [0.2, 0.25) is 5.50 Å². The Hall–Kier alpha value is 0.140. The average Bonchev–Trinajstić information content (AvgIpc) is 1.96. The van der Waals surface area contributed by atoms with Crippen molar-refractivity contribution < 1.29 is 13.2 Å². The topological polar surface area (TPSA) is 0 Å². The second-order valence-corrected chi connectivity index (χ2v) is 3.31. The van der Waals surface area contributed by atoms with Crippen molar-refractivity contribution in [2.75, 3.05) is 5.75 Å². The van der Waals surface area contributed by atoms with Gasteiger partial charge < -0.3 is 0 Å². The van der Waals surface area contributed by atoms with E-state index < -0.39 is 17.3 Å². The minimum Gasteiger partial charge on any atom is -0.229 e. The van der Waals surface area contributed by atoms with Crippen LogP contribution in [-0.4, -0.2) is 17.2 Å². The van der Waals surface area contributed by atoms with Gasteiger partial charge in [0.05, 0.1) is 0 Å². The Kier molecular flexibility index (Phi) is 1.67. The zero-order valence-electron chi connectivity index (χ0n) is 4.90. The molecule has 1 rings (SSSR count). The third-order valence-electron chi connectivity index (χ3n) is 1.45. The number of alkyl halides is 3. The molecule has 54 valence electrons. The summed E-state index contributed by atoms with van der Waals surface area (Å²) in [4.78, 5) is 0. The first-order valence-corrected chi connectivity index (χ1v) is 3.73. The summed E-state index contributed by atoms with van der Waals surface area (Å²) < 4.78 is 36.8. The van der Waals surface area contributed by atoms with Crippen LogP contribution in [0.4, 0.5) is 13.2 Å². The summed E-state index contributed by atoms with van der Waals surface area (Å²) in [6.07, 6.45) is 0. The van der Waals surface area contributed by atoms with Gasteiger partial charge in [-0.15, -0.1) is 11.8 Å². The maximum atomic E-state index is 12.3. The molecule has 1 saturated heterocycles. The van der Waals surface area contributed by atoms with Crippen molar-refractivity contribution >= 4 is 11.8 Å². The summed E-state index contributed by atoms with van der Waals surface area (Å²) in [5.74, 6) is -3.67. The van der Waals surface area contributed by atoms with Crippen LogP contribution in [0.3, 0.4) is 0 Å². The van der Waals surface area contributed by atoms with Crippen molar-refractivity contribution in [3.05, 3.63) is 0 Å². The quantitative estimate of drug-likeness (QED) is 0.518. The first kappa shape index (κ1) is 7.25. The lowest BCUT2D eigenvalue weighted by molar-refractivity contribution is -0.0663. The second kappa shape index (κ2) is 2.08. The lowest BCUT2D eigenvalue weighted by Crippen LogP contribution is -2.28. The molecule has 0 aromatic carbocycles. The number of rotatable bonds is 0. The van der Waals surface area contributed by atoms with Crippen molar-refractivity contribution in [2.24, 2.45) is 5.92 Å². The van der Waals surface area contributed by atoms with Crippen LogP contribution in [0.25, 0.3) is 0 Å². The predicted octanol–water partition coefficient (Wildman–Crippen LogP) is 2.30. The molecule has 0 aromatic heterocycles. The molecule has 0 radical (unpaired) electrons. The lowest BCUT2D eigenvalue weighted by atomic mass is 10.1. The minimum atomic E-state index is -3.09. The standard InChI is InChI=1S/C5H7F3S/c1-3-2-9-4(6)5(3,7)8/h3-4H,2H2,1H3. The smallest absolute Gasteiger partial charge is 0.229 e. The van der Waals surface area contributed by atoms with Gasteiger partial charge in [-0.25, -0.2) is 13.2 Å². The molecule has 1 aliphatic rings. The Bertz CT molecular complexity index is 103. The van der Waals surface area contributed by atoms with Gasteiger partial charge in [0.15, 0.2) is 0 Å². The molecule has 0 nitrogen and oxygen atoms in total. The van der Waals surface area contributed by atoms with Crippen LogP contribution < -0.4 is 0 Å². The Morgan fingerprint density at radius 2 is 2.11 bits per heavy atom. The summed E-state index contributed by atoms with van der Waals surface area (Å²) in [6, 6.07) is 0. The van der Waals surface area contributed by atoms with Gasteiger partial charge in [-0.1, -0.05) is 6.92 Å². The Morgan fingerprint density at radius 1 is 1.56 bits per heavy atom. The van der Waals surface area contributed by atoms with Gasteiger partial charge in [-0.3, -0.25) is 0 Å². The maximum absolute atomic E-state index is 12.3. The van der Waals surface area contributed by atoms with E-state index in [-0.39, 0.29) is 5.75 Å². The number of thioether (sulfide) groups is 1. The molecule has 2 atom stereocenters. The Labute approximate surface area is 55.8 Å². The van der Waals surface area contributed by atoms with Crippen molar-refractivity contribution in [2.45, 2.75) is 18.3 Å². The van der Waals surface area contributed by atoms with Crippen molar-refractivity contribution in [3.63, 3.8) is 0 Å². The molecular formula is C5H7F3S. The molecule has 9 heavy (non-hydrogen) atoms. The molecule has 0 aromatic rings. The highest BCUT2D eigenvalue weighted by molar-refractivity contribution is 8.00. The lowest BCUT2D eigenvalue weighted by Gasteiger charge is -2.14. The zero-order valence-corrected chi connectivity index (χ0v) is 5.72. The summed E-state index contributed by atoms with van der Waals surface area (Å²) in [7, 11) is 0. The molecule has 0 aliphatic carbocycles. The zero-order chi connectivity index (χ0) is 7.07. The fraction of sp³-hybridized carbons (Fsp3) is 1.00. The van der Waals surface area contributed by atoms with Crippen molar-refractivity contribution in [3.8, 4) is 0 Å². The first-order chi connectivity index (χ1) is 4.05. The van der Waals surface area contributed by atoms with Crippen LogP contribution in [0.2, 0.25) is 0 Å². The monoisotopic (exact) mass is 156 g/mol. The molecule has 1 heterocycles. The van der Waals surface area contributed by atoms with Gasteiger partial charge >= 0.3 is 0 Å². The largest absolute Gasteiger partial charge is 0.291 e. The van der Waals surface area contributed by atoms with E-state index in [9.17, 15) is 13.2 Å². The van der Waals surface area contributed by atoms with Crippen LogP contribution in [0, 0.1) is 5.92 Å². The highest BCUT2D eigenvalue weighted by atomic mass is 32.2. The predicted molar refractivity (Wildman–Crippen MR) is 31.5 cm³/mol. The molecule has 0 bridgehead atoms. The Morgan fingerprint density at radius 3 is 2.22 bits per heavy atom. The summed E-state index contributed by atoms with van der Waals surface area (Å²) in [5.41, 5.74) is -1.98. The molecule has 0 spiro atoms. The molecule has 2 unspecified atom stereocenters. The third kappa shape index (κ3) is 1.04. The third-order valence-corrected chi connectivity index (χ3v) is 2.75. The van der Waals surface area contributed by atoms with E-state index in [1.165, 1.54) is 6.92 Å². The summed E-state index contributed by atoms with van der Waals surface area (Å²) in [5, 5.41) is 0. The molecule has 1 fully saturated rings. The van der Waals surface area contributed by atoms with Gasteiger partial charge in [-0.2, -0.15) is 0 Å². The van der Waals surface area contributed by atoms with E-state index in [2.05, 4.69) is 0 Å². The molecule has 4 heteroatoms. The Balaban J connectivity index is 2.66. The number of hydrogen-bond acceptors (Lipinski definition) is 1. The number of hydrogen-bond donors (Lipinski definition) is 0. The maximum Gasteiger partial charge on any atom is 0.291 e. The van der Waals surface area contributed by atoms with Gasteiger partial charge in [0.25, 0.3) is 5.92 Å². The normalized spacial score (nSPS) is 41.3. The molecule has 1 aliphatic heterocycles. The average molecular weight is 156 g/mol. The van der Waals surface area contributed by atoms with E-state index in [1.54, 1.807) is 0 Å². The van der Waals surface area contributed by atoms with E-state index in [4.69, 9.17) is 0 Å². The SMILES string of the molecule is CC1CSC(F)C1(F)F. The fourth-order valence-corrected chi connectivity index (χ4v) is 1.81. The number of halogens is 3. The van der Waals surface area contributed by atoms with Crippen LogP contribution in [0.5, 0.6) is 0 Å². The van der Waals surface area contributed by atoms with Crippen LogP contribution in [0.1, 0.15) is 6.92 Å². The fourth-order valence-electron chi connectivity index (χ4n) is 0.675. The van der Waals surface area contributed by atoms with Crippen molar-refractivity contribution in [1.82, 2.24) is 0 Å². The van der Waals surface area contributed by atoms with E-state index in [1.807, 2.05) is 0 Å². The highest BCUT2D eigenvalue weighted by Crippen LogP contribution is 2.44.